The summed E-state index contributed by atoms with van der Waals surface area (Å²) < 4.78 is 5.52. The second-order valence-electron chi connectivity index (χ2n) is 6.70. The van der Waals surface area contributed by atoms with E-state index in [9.17, 15) is 0 Å². The van der Waals surface area contributed by atoms with Crippen molar-refractivity contribution in [2.24, 2.45) is 5.92 Å². The van der Waals surface area contributed by atoms with Gasteiger partial charge in [-0.3, -0.25) is 0 Å². The molecule has 2 unspecified atom stereocenters. The Balaban J connectivity index is 1.70. The molecule has 0 bridgehead atoms. The largest absolute Gasteiger partial charge is 0.381 e. The van der Waals surface area contributed by atoms with Gasteiger partial charge in [-0.05, 0) is 68.0 Å². The van der Waals surface area contributed by atoms with Crippen LogP contribution < -0.4 is 5.32 Å². The number of benzene rings is 1. The number of aryl methyl sites for hydroxylation is 1. The smallest absolute Gasteiger partial charge is 0.0468 e. The van der Waals surface area contributed by atoms with Crippen LogP contribution in [0.15, 0.2) is 24.3 Å². The summed E-state index contributed by atoms with van der Waals surface area (Å²) in [6.45, 7) is 5.34. The van der Waals surface area contributed by atoms with Crippen molar-refractivity contribution in [1.29, 1.82) is 0 Å². The third-order valence-corrected chi connectivity index (χ3v) is 5.25. The molecule has 1 aliphatic carbocycles. The topological polar surface area (TPSA) is 21.3 Å². The van der Waals surface area contributed by atoms with Gasteiger partial charge < -0.3 is 10.1 Å². The Bertz CT molecular complexity index is 439. The number of hydrogen-bond donors (Lipinski definition) is 1. The average molecular weight is 287 g/mol. The second kappa shape index (κ2) is 7.42. The summed E-state index contributed by atoms with van der Waals surface area (Å²) in [5, 5.41) is 3.86. The number of nitrogens with one attached hydrogen (secondary N) is 1. The van der Waals surface area contributed by atoms with Gasteiger partial charge >= 0.3 is 0 Å². The van der Waals surface area contributed by atoms with Crippen LogP contribution in [0.2, 0.25) is 0 Å². The summed E-state index contributed by atoms with van der Waals surface area (Å²) in [7, 11) is 0. The molecule has 1 fully saturated rings. The lowest BCUT2D eigenvalue weighted by Crippen LogP contribution is -2.37. The highest BCUT2D eigenvalue weighted by Crippen LogP contribution is 2.38. The minimum Gasteiger partial charge on any atom is -0.381 e. The van der Waals surface area contributed by atoms with Crippen LogP contribution in [0.25, 0.3) is 0 Å². The van der Waals surface area contributed by atoms with E-state index in [0.717, 1.165) is 31.6 Å². The number of ether oxygens (including phenoxy) is 1. The molecule has 0 saturated carbocycles. The maximum Gasteiger partial charge on any atom is 0.0468 e. The number of fused-ring (bicyclic) bond motifs is 1. The zero-order chi connectivity index (χ0) is 14.5. The summed E-state index contributed by atoms with van der Waals surface area (Å²) in [6, 6.07) is 9.73. The van der Waals surface area contributed by atoms with Crippen molar-refractivity contribution in [1.82, 2.24) is 5.32 Å². The van der Waals surface area contributed by atoms with Gasteiger partial charge in [0.05, 0.1) is 0 Å². The molecule has 2 aliphatic rings. The van der Waals surface area contributed by atoms with E-state index < -0.39 is 0 Å². The fraction of sp³-hybridized carbons (Fsp3) is 0.684. The van der Waals surface area contributed by atoms with Crippen LogP contribution in [0, 0.1) is 5.92 Å². The summed E-state index contributed by atoms with van der Waals surface area (Å²) in [5.41, 5.74) is 3.19. The molecule has 0 aromatic heterocycles. The second-order valence-corrected chi connectivity index (χ2v) is 6.70. The van der Waals surface area contributed by atoms with E-state index in [-0.39, 0.29) is 0 Å². The quantitative estimate of drug-likeness (QED) is 0.856. The Hall–Kier alpha value is -0.860. The lowest BCUT2D eigenvalue weighted by molar-refractivity contribution is 0.0594. The van der Waals surface area contributed by atoms with Gasteiger partial charge in [0.2, 0.25) is 0 Å². The van der Waals surface area contributed by atoms with Gasteiger partial charge in [-0.1, -0.05) is 31.2 Å². The van der Waals surface area contributed by atoms with Crippen molar-refractivity contribution >= 4 is 0 Å². The molecule has 2 heteroatoms. The molecule has 0 radical (unpaired) electrons. The zero-order valence-corrected chi connectivity index (χ0v) is 13.3. The van der Waals surface area contributed by atoms with Crippen LogP contribution >= 0.6 is 0 Å². The summed E-state index contributed by atoms with van der Waals surface area (Å²) >= 11 is 0. The molecule has 0 amide bonds. The summed E-state index contributed by atoms with van der Waals surface area (Å²) in [5.74, 6) is 1.57. The monoisotopic (exact) mass is 287 g/mol. The molecule has 3 rings (SSSR count). The Kier molecular flexibility index (Phi) is 5.32. The highest BCUT2D eigenvalue weighted by Gasteiger charge is 2.31. The molecule has 1 heterocycles. The van der Waals surface area contributed by atoms with Crippen LogP contribution in [0.4, 0.5) is 0 Å². The van der Waals surface area contributed by atoms with Gasteiger partial charge in [-0.2, -0.15) is 0 Å². The number of hydrogen-bond acceptors (Lipinski definition) is 2. The van der Waals surface area contributed by atoms with E-state index in [1.54, 1.807) is 11.1 Å². The van der Waals surface area contributed by atoms with Gasteiger partial charge in [0, 0.05) is 19.3 Å². The first kappa shape index (κ1) is 15.1. The molecule has 116 valence electrons. The summed E-state index contributed by atoms with van der Waals surface area (Å²) in [6.07, 6.45) is 7.63. The zero-order valence-electron chi connectivity index (χ0n) is 13.3. The maximum atomic E-state index is 5.52. The maximum absolute atomic E-state index is 5.52. The third kappa shape index (κ3) is 3.67. The first-order chi connectivity index (χ1) is 10.4. The Morgan fingerprint density at radius 3 is 2.81 bits per heavy atom. The predicted octanol–water partition coefficient (Wildman–Crippen LogP) is 3.90. The van der Waals surface area contributed by atoms with Crippen LogP contribution in [0.3, 0.4) is 0 Å². The van der Waals surface area contributed by atoms with Crippen molar-refractivity contribution in [3.8, 4) is 0 Å². The fourth-order valence-corrected chi connectivity index (χ4v) is 4.07. The molecule has 1 N–H and O–H groups in total. The standard InChI is InChI=1S/C19H29NO/c1-2-11-20-19(14-15-9-12-21-13-10-15)18-8-7-16-5-3-4-6-17(16)18/h3-6,15,18-20H,2,7-14H2,1H3. The van der Waals surface area contributed by atoms with Crippen molar-refractivity contribution in [3.63, 3.8) is 0 Å². The Morgan fingerprint density at radius 2 is 2.00 bits per heavy atom. The van der Waals surface area contributed by atoms with Gasteiger partial charge in [-0.25, -0.2) is 0 Å². The molecule has 2 atom stereocenters. The molecule has 0 spiro atoms. The Labute approximate surface area is 129 Å². The van der Waals surface area contributed by atoms with E-state index >= 15 is 0 Å². The van der Waals surface area contributed by atoms with E-state index in [4.69, 9.17) is 4.74 Å². The Morgan fingerprint density at radius 1 is 1.19 bits per heavy atom. The predicted molar refractivity (Wildman–Crippen MR) is 87.7 cm³/mol. The van der Waals surface area contributed by atoms with E-state index in [1.165, 1.54) is 38.5 Å². The van der Waals surface area contributed by atoms with E-state index in [1.807, 2.05) is 0 Å². The first-order valence-corrected chi connectivity index (χ1v) is 8.77. The lowest BCUT2D eigenvalue weighted by atomic mass is 9.84. The third-order valence-electron chi connectivity index (χ3n) is 5.25. The van der Waals surface area contributed by atoms with E-state index in [2.05, 4.69) is 36.5 Å². The molecular weight excluding hydrogens is 258 g/mol. The highest BCUT2D eigenvalue weighted by atomic mass is 16.5. The number of rotatable bonds is 6. The van der Waals surface area contributed by atoms with Crippen LogP contribution in [0.5, 0.6) is 0 Å². The van der Waals surface area contributed by atoms with Gasteiger partial charge in [0.15, 0.2) is 0 Å². The van der Waals surface area contributed by atoms with Gasteiger partial charge in [0.1, 0.15) is 0 Å². The molecule has 2 nitrogen and oxygen atoms in total. The summed E-state index contributed by atoms with van der Waals surface area (Å²) in [4.78, 5) is 0. The van der Waals surface area contributed by atoms with Crippen molar-refractivity contribution in [2.75, 3.05) is 19.8 Å². The molecule has 21 heavy (non-hydrogen) atoms. The average Bonchev–Trinajstić information content (AvgIpc) is 2.96. The molecule has 1 aliphatic heterocycles. The minimum absolute atomic E-state index is 0.650. The first-order valence-electron chi connectivity index (χ1n) is 8.77. The molecule has 1 aromatic carbocycles. The minimum atomic E-state index is 0.650. The van der Waals surface area contributed by atoms with Crippen LogP contribution in [0.1, 0.15) is 56.1 Å². The molecule has 1 saturated heterocycles. The van der Waals surface area contributed by atoms with E-state index in [0.29, 0.717) is 6.04 Å². The van der Waals surface area contributed by atoms with Gasteiger partial charge in [0.25, 0.3) is 0 Å². The van der Waals surface area contributed by atoms with Crippen LogP contribution in [-0.2, 0) is 11.2 Å². The van der Waals surface area contributed by atoms with Crippen molar-refractivity contribution in [3.05, 3.63) is 35.4 Å². The fourth-order valence-electron chi connectivity index (χ4n) is 4.07. The lowest BCUT2D eigenvalue weighted by Gasteiger charge is -2.31. The normalized spacial score (nSPS) is 24.0. The van der Waals surface area contributed by atoms with Crippen molar-refractivity contribution < 1.29 is 4.74 Å². The van der Waals surface area contributed by atoms with Crippen LogP contribution in [-0.4, -0.2) is 25.8 Å². The molecular formula is C19H29NO. The highest BCUT2D eigenvalue weighted by molar-refractivity contribution is 5.36. The molecule has 1 aromatic rings. The van der Waals surface area contributed by atoms with Crippen molar-refractivity contribution in [2.45, 2.75) is 57.4 Å². The van der Waals surface area contributed by atoms with Gasteiger partial charge in [-0.15, -0.1) is 0 Å². The SMILES string of the molecule is CCCNC(CC1CCOCC1)C1CCc2ccccc21.